The Balaban J connectivity index is 0.00000363. The summed E-state index contributed by atoms with van der Waals surface area (Å²) in [6, 6.07) is 18.3. The topological polar surface area (TPSA) is 66.0 Å². The number of halogens is 1. The maximum absolute atomic E-state index is 11.6. The minimum Gasteiger partial charge on any atom is -0.489 e. The van der Waals surface area contributed by atoms with Crippen molar-refractivity contribution in [2.75, 3.05) is 26.7 Å². The van der Waals surface area contributed by atoms with Gasteiger partial charge in [0, 0.05) is 33.1 Å². The number of rotatable bonds is 8. The number of nitrogens with one attached hydrogen (secondary N) is 2. The number of benzene rings is 2. The van der Waals surface area contributed by atoms with Gasteiger partial charge >= 0.3 is 0 Å². The van der Waals surface area contributed by atoms with Crippen molar-refractivity contribution >= 4 is 35.8 Å². The van der Waals surface area contributed by atoms with Gasteiger partial charge in [0.1, 0.15) is 12.4 Å². The molecule has 0 spiro atoms. The van der Waals surface area contributed by atoms with Crippen LogP contribution in [-0.4, -0.2) is 43.4 Å². The van der Waals surface area contributed by atoms with E-state index in [-0.39, 0.29) is 29.9 Å². The molecule has 1 aliphatic heterocycles. The summed E-state index contributed by atoms with van der Waals surface area (Å²) < 4.78 is 5.95. The molecule has 174 valence electrons. The number of guanidine groups is 1. The van der Waals surface area contributed by atoms with Gasteiger partial charge in [0.15, 0.2) is 5.96 Å². The second kappa shape index (κ2) is 14.0. The summed E-state index contributed by atoms with van der Waals surface area (Å²) in [5.74, 6) is 2.39. The molecule has 0 atom stereocenters. The SMILES string of the molecule is CCNC(=NCc1cccc(OCc2ccccc2)c1)N1CCC(CC(=O)NC)CC1.I. The van der Waals surface area contributed by atoms with Crippen molar-refractivity contribution in [1.82, 2.24) is 15.5 Å². The van der Waals surface area contributed by atoms with Crippen LogP contribution in [0, 0.1) is 5.92 Å². The molecule has 6 nitrogen and oxygen atoms in total. The van der Waals surface area contributed by atoms with Crippen molar-refractivity contribution in [2.24, 2.45) is 10.9 Å². The number of nitrogens with zero attached hydrogens (tertiary/aromatic N) is 2. The van der Waals surface area contributed by atoms with Gasteiger partial charge in [-0.3, -0.25) is 4.79 Å². The van der Waals surface area contributed by atoms with Crippen LogP contribution in [0.2, 0.25) is 0 Å². The highest BCUT2D eigenvalue weighted by Crippen LogP contribution is 2.21. The highest BCUT2D eigenvalue weighted by molar-refractivity contribution is 14.0. The average molecular weight is 550 g/mol. The van der Waals surface area contributed by atoms with Crippen molar-refractivity contribution in [2.45, 2.75) is 39.3 Å². The van der Waals surface area contributed by atoms with Gasteiger partial charge in [0.25, 0.3) is 0 Å². The van der Waals surface area contributed by atoms with Crippen LogP contribution in [0.15, 0.2) is 59.6 Å². The van der Waals surface area contributed by atoms with Crippen LogP contribution < -0.4 is 15.4 Å². The number of ether oxygens (including phenoxy) is 1. The molecule has 0 aromatic heterocycles. The zero-order chi connectivity index (χ0) is 21.9. The first-order valence-corrected chi connectivity index (χ1v) is 11.2. The van der Waals surface area contributed by atoms with Crippen LogP contribution in [0.5, 0.6) is 5.75 Å². The third kappa shape index (κ3) is 8.33. The van der Waals surface area contributed by atoms with E-state index in [1.165, 1.54) is 0 Å². The molecular weight excluding hydrogens is 515 g/mol. The normalized spacial score (nSPS) is 14.4. The van der Waals surface area contributed by atoms with E-state index in [1.807, 2.05) is 30.3 Å². The van der Waals surface area contributed by atoms with Gasteiger partial charge in [-0.15, -0.1) is 24.0 Å². The summed E-state index contributed by atoms with van der Waals surface area (Å²) in [6.07, 6.45) is 2.65. The van der Waals surface area contributed by atoms with Crippen molar-refractivity contribution in [3.63, 3.8) is 0 Å². The highest BCUT2D eigenvalue weighted by atomic mass is 127. The molecular formula is C25H35IN4O2. The van der Waals surface area contributed by atoms with Gasteiger partial charge in [-0.05, 0) is 48.9 Å². The quantitative estimate of drug-likeness (QED) is 0.294. The smallest absolute Gasteiger partial charge is 0.220 e. The minimum absolute atomic E-state index is 0. The molecule has 0 saturated carbocycles. The first kappa shape index (κ1) is 26.0. The second-order valence-electron chi connectivity index (χ2n) is 7.90. The summed E-state index contributed by atoms with van der Waals surface area (Å²) in [7, 11) is 1.70. The van der Waals surface area contributed by atoms with Crippen LogP contribution in [0.1, 0.15) is 37.3 Å². The Bertz CT molecular complexity index is 852. The summed E-state index contributed by atoms with van der Waals surface area (Å²) in [6.45, 7) is 5.93. The summed E-state index contributed by atoms with van der Waals surface area (Å²) >= 11 is 0. The molecule has 2 aromatic carbocycles. The highest BCUT2D eigenvalue weighted by Gasteiger charge is 2.23. The van der Waals surface area contributed by atoms with E-state index < -0.39 is 0 Å². The molecule has 0 radical (unpaired) electrons. The van der Waals surface area contributed by atoms with Crippen molar-refractivity contribution in [3.05, 3.63) is 65.7 Å². The van der Waals surface area contributed by atoms with E-state index in [0.717, 1.165) is 55.3 Å². The lowest BCUT2D eigenvalue weighted by Gasteiger charge is -2.34. The van der Waals surface area contributed by atoms with Crippen LogP contribution in [0.25, 0.3) is 0 Å². The maximum Gasteiger partial charge on any atom is 0.220 e. The fourth-order valence-electron chi connectivity index (χ4n) is 3.78. The van der Waals surface area contributed by atoms with Gasteiger partial charge in [-0.25, -0.2) is 4.99 Å². The van der Waals surface area contributed by atoms with Gasteiger partial charge in [-0.2, -0.15) is 0 Å². The average Bonchev–Trinajstić information content (AvgIpc) is 2.82. The monoisotopic (exact) mass is 550 g/mol. The number of hydrogen-bond donors (Lipinski definition) is 2. The van der Waals surface area contributed by atoms with Gasteiger partial charge in [-0.1, -0.05) is 42.5 Å². The van der Waals surface area contributed by atoms with Crippen LogP contribution in [-0.2, 0) is 17.9 Å². The summed E-state index contributed by atoms with van der Waals surface area (Å²) in [5.41, 5.74) is 2.27. The second-order valence-corrected chi connectivity index (χ2v) is 7.90. The lowest BCUT2D eigenvalue weighted by atomic mass is 9.93. The third-order valence-corrected chi connectivity index (χ3v) is 5.56. The Kier molecular flexibility index (Phi) is 11.3. The molecule has 1 amide bonds. The third-order valence-electron chi connectivity index (χ3n) is 5.56. The Morgan fingerprint density at radius 1 is 1.09 bits per heavy atom. The van der Waals surface area contributed by atoms with Crippen molar-refractivity contribution in [3.8, 4) is 5.75 Å². The molecule has 1 aliphatic rings. The molecule has 1 saturated heterocycles. The molecule has 32 heavy (non-hydrogen) atoms. The molecule has 0 unspecified atom stereocenters. The first-order valence-electron chi connectivity index (χ1n) is 11.2. The predicted octanol–water partition coefficient (Wildman–Crippen LogP) is 4.20. The maximum atomic E-state index is 11.6. The Morgan fingerprint density at radius 2 is 1.81 bits per heavy atom. The molecule has 0 bridgehead atoms. The zero-order valence-electron chi connectivity index (χ0n) is 19.0. The van der Waals surface area contributed by atoms with Crippen molar-refractivity contribution < 1.29 is 9.53 Å². The van der Waals surface area contributed by atoms with Crippen molar-refractivity contribution in [1.29, 1.82) is 0 Å². The summed E-state index contributed by atoms with van der Waals surface area (Å²) in [5, 5.41) is 6.14. The lowest BCUT2D eigenvalue weighted by molar-refractivity contribution is -0.121. The minimum atomic E-state index is 0. The largest absolute Gasteiger partial charge is 0.489 e. The molecule has 1 fully saturated rings. The zero-order valence-corrected chi connectivity index (χ0v) is 21.4. The number of carbonyl (C=O) groups is 1. The van der Waals surface area contributed by atoms with E-state index in [2.05, 4.69) is 46.7 Å². The van der Waals surface area contributed by atoms with Gasteiger partial charge in [0.05, 0.1) is 6.54 Å². The Hall–Kier alpha value is -2.29. The number of piperidine rings is 1. The first-order chi connectivity index (χ1) is 15.2. The molecule has 2 aromatic rings. The fourth-order valence-corrected chi connectivity index (χ4v) is 3.78. The summed E-state index contributed by atoms with van der Waals surface area (Å²) in [4.78, 5) is 18.8. The number of amides is 1. The van der Waals surface area contributed by atoms with E-state index in [1.54, 1.807) is 7.05 Å². The Labute approximate surface area is 208 Å². The van der Waals surface area contributed by atoms with E-state index in [4.69, 9.17) is 9.73 Å². The molecule has 0 aliphatic carbocycles. The Morgan fingerprint density at radius 3 is 2.50 bits per heavy atom. The lowest BCUT2D eigenvalue weighted by Crippen LogP contribution is -2.46. The molecule has 1 heterocycles. The number of hydrogen-bond acceptors (Lipinski definition) is 3. The number of aliphatic imine (C=N–C) groups is 1. The van der Waals surface area contributed by atoms with Crippen LogP contribution >= 0.6 is 24.0 Å². The molecule has 3 rings (SSSR count). The van der Waals surface area contributed by atoms with E-state index in [9.17, 15) is 4.79 Å². The predicted molar refractivity (Wildman–Crippen MR) is 140 cm³/mol. The standard InChI is InChI=1S/C25H34N4O2.HI/c1-3-27-25(29-14-12-20(13-15-29)17-24(30)26-2)28-18-22-10-7-11-23(16-22)31-19-21-8-5-4-6-9-21;/h4-11,16,20H,3,12-15,17-19H2,1-2H3,(H,26,30)(H,27,28);1H. The van der Waals surface area contributed by atoms with Crippen LogP contribution in [0.3, 0.4) is 0 Å². The van der Waals surface area contributed by atoms with E-state index >= 15 is 0 Å². The van der Waals surface area contributed by atoms with E-state index in [0.29, 0.717) is 25.5 Å². The number of carbonyl (C=O) groups excluding carboxylic acids is 1. The van der Waals surface area contributed by atoms with Crippen LogP contribution in [0.4, 0.5) is 0 Å². The molecule has 2 N–H and O–H groups in total. The van der Waals surface area contributed by atoms with Gasteiger partial charge < -0.3 is 20.3 Å². The van der Waals surface area contributed by atoms with Gasteiger partial charge in [0.2, 0.25) is 5.91 Å². The fraction of sp³-hybridized carbons (Fsp3) is 0.440. The molecule has 7 heteroatoms. The number of likely N-dealkylation sites (tertiary alicyclic amines) is 1.